The lowest BCUT2D eigenvalue weighted by atomic mass is 10.1. The molecule has 1 unspecified atom stereocenters. The van der Waals surface area contributed by atoms with E-state index in [1.165, 1.54) is 0 Å². The highest BCUT2D eigenvalue weighted by Crippen LogP contribution is 2.14. The molecule has 1 aliphatic heterocycles. The molecule has 1 fully saturated rings. The summed E-state index contributed by atoms with van der Waals surface area (Å²) in [7, 11) is 0. The molecule has 1 heterocycles. The van der Waals surface area contributed by atoms with Crippen LogP contribution in [0, 0.1) is 0 Å². The Kier molecular flexibility index (Phi) is 5.55. The Morgan fingerprint density at radius 2 is 2.37 bits per heavy atom. The molecule has 0 amide bonds. The van der Waals surface area contributed by atoms with Gasteiger partial charge in [-0.15, -0.1) is 0 Å². The van der Waals surface area contributed by atoms with Gasteiger partial charge in [-0.1, -0.05) is 35.0 Å². The Morgan fingerprint density at radius 3 is 3.11 bits per heavy atom. The van der Waals surface area contributed by atoms with Crippen LogP contribution < -0.4 is 0 Å². The zero-order valence-electron chi connectivity index (χ0n) is 11.3. The van der Waals surface area contributed by atoms with Gasteiger partial charge in [0.05, 0.1) is 12.7 Å². The molecule has 0 radical (unpaired) electrons. The van der Waals surface area contributed by atoms with Crippen LogP contribution in [0.1, 0.15) is 30.1 Å². The second-order valence-electron chi connectivity index (χ2n) is 4.89. The van der Waals surface area contributed by atoms with Crippen LogP contribution in [0.4, 0.5) is 0 Å². The molecule has 0 N–H and O–H groups in total. The van der Waals surface area contributed by atoms with Crippen LogP contribution in [0.3, 0.4) is 0 Å². The van der Waals surface area contributed by atoms with Gasteiger partial charge in [0.25, 0.3) is 0 Å². The summed E-state index contributed by atoms with van der Waals surface area (Å²) in [4.78, 5) is 14.4. The lowest BCUT2D eigenvalue weighted by Gasteiger charge is -2.32. The summed E-state index contributed by atoms with van der Waals surface area (Å²) in [6, 6.07) is 7.60. The number of Topliss-reactive ketones (excluding diaryl/α,β-unsaturated/α-hetero) is 1. The van der Waals surface area contributed by atoms with Crippen molar-refractivity contribution >= 4 is 21.7 Å². The first-order valence-corrected chi connectivity index (χ1v) is 7.61. The largest absolute Gasteiger partial charge is 0.376 e. The molecule has 0 bridgehead atoms. The maximum absolute atomic E-state index is 12.1. The molecule has 104 valence electrons. The number of rotatable bonds is 5. The van der Waals surface area contributed by atoms with Gasteiger partial charge in [0.15, 0.2) is 5.78 Å². The fourth-order valence-electron chi connectivity index (χ4n) is 2.30. The summed E-state index contributed by atoms with van der Waals surface area (Å²) in [5.74, 6) is 0.209. The number of carbonyl (C=O) groups excluding carboxylic acids is 1. The minimum absolute atomic E-state index is 0.209. The molecule has 0 aromatic heterocycles. The summed E-state index contributed by atoms with van der Waals surface area (Å²) in [5.41, 5.74) is 0.787. The van der Waals surface area contributed by atoms with Crippen LogP contribution in [0.15, 0.2) is 28.7 Å². The molecule has 2 rings (SSSR count). The third-order valence-electron chi connectivity index (χ3n) is 3.48. The summed E-state index contributed by atoms with van der Waals surface area (Å²) in [6.07, 6.45) is 1.94. The third-order valence-corrected chi connectivity index (χ3v) is 3.97. The van der Waals surface area contributed by atoms with Gasteiger partial charge in [-0.25, -0.2) is 0 Å². The maximum atomic E-state index is 12.1. The van der Waals surface area contributed by atoms with Gasteiger partial charge in [-0.2, -0.15) is 0 Å². The van der Waals surface area contributed by atoms with Gasteiger partial charge >= 0.3 is 0 Å². The summed E-state index contributed by atoms with van der Waals surface area (Å²) in [6.45, 7) is 5.63. The van der Waals surface area contributed by atoms with E-state index in [1.807, 2.05) is 24.3 Å². The van der Waals surface area contributed by atoms with E-state index in [1.54, 1.807) is 0 Å². The van der Waals surface area contributed by atoms with E-state index in [9.17, 15) is 4.79 Å². The monoisotopic (exact) mass is 325 g/mol. The Hall–Kier alpha value is -0.710. The fraction of sp³-hybridized carbons (Fsp3) is 0.533. The summed E-state index contributed by atoms with van der Waals surface area (Å²) in [5, 5.41) is 0. The van der Waals surface area contributed by atoms with E-state index >= 15 is 0 Å². The molecule has 0 aliphatic carbocycles. The lowest BCUT2D eigenvalue weighted by molar-refractivity contribution is -0.0293. The van der Waals surface area contributed by atoms with Crippen molar-refractivity contribution in [2.24, 2.45) is 0 Å². The van der Waals surface area contributed by atoms with Crippen molar-refractivity contribution in [3.05, 3.63) is 34.3 Å². The number of halogens is 1. The number of carbonyl (C=O) groups is 1. The van der Waals surface area contributed by atoms with E-state index in [2.05, 4.69) is 27.8 Å². The van der Waals surface area contributed by atoms with Crippen LogP contribution in [0.25, 0.3) is 0 Å². The van der Waals surface area contributed by atoms with Crippen molar-refractivity contribution in [1.29, 1.82) is 0 Å². The molecule has 1 atom stereocenters. The highest BCUT2D eigenvalue weighted by molar-refractivity contribution is 9.10. The molecule has 1 aromatic carbocycles. The molecule has 3 nitrogen and oxygen atoms in total. The van der Waals surface area contributed by atoms with Gasteiger partial charge in [0, 0.05) is 36.1 Å². The average molecular weight is 326 g/mol. The summed E-state index contributed by atoms with van der Waals surface area (Å²) < 4.78 is 6.59. The highest BCUT2D eigenvalue weighted by Gasteiger charge is 2.19. The molecule has 1 saturated heterocycles. The minimum atomic E-state index is 0.209. The van der Waals surface area contributed by atoms with Crippen molar-refractivity contribution in [2.75, 3.05) is 26.2 Å². The topological polar surface area (TPSA) is 29.5 Å². The van der Waals surface area contributed by atoms with Crippen LogP contribution >= 0.6 is 15.9 Å². The van der Waals surface area contributed by atoms with E-state index in [0.717, 1.165) is 42.7 Å². The van der Waals surface area contributed by atoms with Gasteiger partial charge in [0.2, 0.25) is 0 Å². The van der Waals surface area contributed by atoms with E-state index in [-0.39, 0.29) is 5.78 Å². The van der Waals surface area contributed by atoms with Crippen LogP contribution in [-0.2, 0) is 4.74 Å². The lowest BCUT2D eigenvalue weighted by Crippen LogP contribution is -2.42. The zero-order valence-corrected chi connectivity index (χ0v) is 12.9. The molecular weight excluding hydrogens is 306 g/mol. The second kappa shape index (κ2) is 7.17. The van der Waals surface area contributed by atoms with E-state index < -0.39 is 0 Å². The number of nitrogens with zero attached hydrogens (tertiary/aromatic N) is 1. The number of morpholine rings is 1. The standard InChI is InChI=1S/C15H20BrNO2/c1-2-14-11-17(8-9-19-14)7-6-15(18)12-4-3-5-13(16)10-12/h3-5,10,14H,2,6-9,11H2,1H3. The van der Waals surface area contributed by atoms with E-state index in [0.29, 0.717) is 12.5 Å². The number of benzene rings is 1. The van der Waals surface area contributed by atoms with Crippen LogP contribution in [0.5, 0.6) is 0 Å². The van der Waals surface area contributed by atoms with Crippen LogP contribution in [0.2, 0.25) is 0 Å². The molecule has 1 aromatic rings. The van der Waals surface area contributed by atoms with Gasteiger partial charge in [0.1, 0.15) is 0 Å². The molecule has 19 heavy (non-hydrogen) atoms. The third kappa shape index (κ3) is 4.41. The number of ether oxygens (including phenoxy) is 1. The van der Waals surface area contributed by atoms with Gasteiger partial charge < -0.3 is 4.74 Å². The van der Waals surface area contributed by atoms with Crippen molar-refractivity contribution < 1.29 is 9.53 Å². The SMILES string of the molecule is CCC1CN(CCC(=O)c2cccc(Br)c2)CCO1. The first kappa shape index (κ1) is 14.7. The predicted octanol–water partition coefficient (Wildman–Crippen LogP) is 3.13. The fourth-order valence-corrected chi connectivity index (χ4v) is 2.70. The molecule has 0 spiro atoms. The number of ketones is 1. The first-order chi connectivity index (χ1) is 9.19. The Morgan fingerprint density at radius 1 is 1.53 bits per heavy atom. The Labute approximate surface area is 123 Å². The zero-order chi connectivity index (χ0) is 13.7. The maximum Gasteiger partial charge on any atom is 0.164 e. The van der Waals surface area contributed by atoms with Crippen molar-refractivity contribution in [2.45, 2.75) is 25.9 Å². The predicted molar refractivity (Wildman–Crippen MR) is 79.6 cm³/mol. The molecule has 0 saturated carbocycles. The number of hydrogen-bond acceptors (Lipinski definition) is 3. The van der Waals surface area contributed by atoms with Gasteiger partial charge in [-0.3, -0.25) is 9.69 Å². The smallest absolute Gasteiger partial charge is 0.164 e. The van der Waals surface area contributed by atoms with Crippen molar-refractivity contribution in [1.82, 2.24) is 4.90 Å². The van der Waals surface area contributed by atoms with Crippen LogP contribution in [-0.4, -0.2) is 43.0 Å². The second-order valence-corrected chi connectivity index (χ2v) is 5.80. The van der Waals surface area contributed by atoms with Crippen molar-refractivity contribution in [3.63, 3.8) is 0 Å². The van der Waals surface area contributed by atoms with E-state index in [4.69, 9.17) is 4.74 Å². The average Bonchev–Trinajstić information content (AvgIpc) is 2.45. The Bertz CT molecular complexity index is 436. The minimum Gasteiger partial charge on any atom is -0.376 e. The molecule has 1 aliphatic rings. The van der Waals surface area contributed by atoms with Gasteiger partial charge in [-0.05, 0) is 18.6 Å². The van der Waals surface area contributed by atoms with Crippen molar-refractivity contribution in [3.8, 4) is 0 Å². The Balaban J connectivity index is 1.83. The first-order valence-electron chi connectivity index (χ1n) is 6.81. The quantitative estimate of drug-likeness (QED) is 0.779. The normalized spacial score (nSPS) is 20.4. The molecular formula is C15H20BrNO2. The molecule has 4 heteroatoms. The summed E-state index contributed by atoms with van der Waals surface area (Å²) >= 11 is 3.40. The number of hydrogen-bond donors (Lipinski definition) is 0. The highest BCUT2D eigenvalue weighted by atomic mass is 79.9.